The Hall–Kier alpha value is -2.69. The minimum absolute atomic E-state index is 0.310. The number of nitrogens with zero attached hydrogens (tertiary/aromatic N) is 1. The molecule has 0 aliphatic heterocycles. The topological polar surface area (TPSA) is 68.3 Å². The van der Waals surface area contributed by atoms with E-state index in [1.807, 2.05) is 12.1 Å². The number of nitrogens with one attached hydrogen (secondary N) is 1. The largest absolute Gasteiger partial charge is 0.467 e. The number of carbonyl (C=O) groups is 2. The van der Waals surface area contributed by atoms with E-state index in [0.717, 1.165) is 5.56 Å². The van der Waals surface area contributed by atoms with Crippen molar-refractivity contribution in [2.45, 2.75) is 12.5 Å². The summed E-state index contributed by atoms with van der Waals surface area (Å²) in [6, 6.07) is 11.6. The molecule has 1 amide bonds. The van der Waals surface area contributed by atoms with Gasteiger partial charge < -0.3 is 10.1 Å². The summed E-state index contributed by atoms with van der Waals surface area (Å²) in [5.74, 6) is -0.793. The fourth-order valence-corrected chi connectivity index (χ4v) is 1.92. The van der Waals surface area contributed by atoms with Crippen molar-refractivity contribution in [2.75, 3.05) is 7.11 Å². The number of amides is 1. The fraction of sp³-hybridized carbons (Fsp3) is 0.188. The van der Waals surface area contributed by atoms with Crippen LogP contribution in [0.15, 0.2) is 54.9 Å². The molecule has 0 saturated heterocycles. The van der Waals surface area contributed by atoms with Crippen LogP contribution in [-0.4, -0.2) is 30.0 Å². The molecule has 0 saturated carbocycles. The summed E-state index contributed by atoms with van der Waals surface area (Å²) in [6.45, 7) is 0. The summed E-state index contributed by atoms with van der Waals surface area (Å²) in [5.41, 5.74) is 1.35. The molecule has 0 spiro atoms. The third kappa shape index (κ3) is 4.14. The molecule has 1 aromatic carbocycles. The first-order valence-electron chi connectivity index (χ1n) is 6.53. The Morgan fingerprint density at radius 3 is 2.57 bits per heavy atom. The third-order valence-electron chi connectivity index (χ3n) is 2.99. The van der Waals surface area contributed by atoms with Gasteiger partial charge in [-0.05, 0) is 23.8 Å². The second kappa shape index (κ2) is 7.19. The summed E-state index contributed by atoms with van der Waals surface area (Å²) in [7, 11) is 1.30. The second-order valence-electron chi connectivity index (χ2n) is 4.48. The van der Waals surface area contributed by atoms with Crippen LogP contribution in [0.5, 0.6) is 0 Å². The van der Waals surface area contributed by atoms with Crippen LogP contribution in [0.3, 0.4) is 0 Å². The van der Waals surface area contributed by atoms with Crippen molar-refractivity contribution < 1.29 is 14.3 Å². The lowest BCUT2D eigenvalue weighted by Crippen LogP contribution is -2.43. The average Bonchev–Trinajstić information content (AvgIpc) is 2.55. The Kier molecular flexibility index (Phi) is 5.04. The van der Waals surface area contributed by atoms with Gasteiger partial charge in [0.15, 0.2) is 0 Å². The summed E-state index contributed by atoms with van der Waals surface area (Å²) < 4.78 is 4.75. The van der Waals surface area contributed by atoms with Crippen LogP contribution in [0.25, 0.3) is 0 Å². The predicted octanol–water partition coefficient (Wildman–Crippen LogP) is 1.60. The van der Waals surface area contributed by atoms with Gasteiger partial charge in [0, 0.05) is 24.4 Å². The Morgan fingerprint density at radius 2 is 1.95 bits per heavy atom. The SMILES string of the molecule is COC(=O)[C@H](Cc1cccnc1)NC(=O)c1ccccc1. The van der Waals surface area contributed by atoms with Gasteiger partial charge in [-0.1, -0.05) is 24.3 Å². The van der Waals surface area contributed by atoms with Crippen LogP contribution in [-0.2, 0) is 16.0 Å². The van der Waals surface area contributed by atoms with Crippen LogP contribution in [0.1, 0.15) is 15.9 Å². The van der Waals surface area contributed by atoms with Crippen molar-refractivity contribution in [2.24, 2.45) is 0 Å². The number of benzene rings is 1. The average molecular weight is 284 g/mol. The lowest BCUT2D eigenvalue weighted by molar-refractivity contribution is -0.142. The zero-order chi connectivity index (χ0) is 15.1. The number of hydrogen-bond acceptors (Lipinski definition) is 4. The first kappa shape index (κ1) is 14.7. The first-order chi connectivity index (χ1) is 10.2. The number of carbonyl (C=O) groups excluding carboxylic acids is 2. The lowest BCUT2D eigenvalue weighted by atomic mass is 10.1. The van der Waals surface area contributed by atoms with E-state index in [2.05, 4.69) is 10.3 Å². The molecule has 0 aliphatic carbocycles. The molecule has 1 atom stereocenters. The van der Waals surface area contributed by atoms with E-state index in [4.69, 9.17) is 4.74 Å². The number of pyridine rings is 1. The molecule has 5 heteroatoms. The van der Waals surface area contributed by atoms with Crippen LogP contribution < -0.4 is 5.32 Å². The maximum atomic E-state index is 12.1. The number of esters is 1. The molecule has 5 nitrogen and oxygen atoms in total. The van der Waals surface area contributed by atoms with Crippen LogP contribution in [0.2, 0.25) is 0 Å². The Labute approximate surface area is 123 Å². The van der Waals surface area contributed by atoms with E-state index in [1.165, 1.54) is 7.11 Å². The molecule has 1 N–H and O–H groups in total. The first-order valence-corrected chi connectivity index (χ1v) is 6.53. The molecule has 0 fully saturated rings. The van der Waals surface area contributed by atoms with E-state index >= 15 is 0 Å². The van der Waals surface area contributed by atoms with E-state index in [-0.39, 0.29) is 5.91 Å². The van der Waals surface area contributed by atoms with Gasteiger partial charge in [-0.2, -0.15) is 0 Å². The summed E-state index contributed by atoms with van der Waals surface area (Å²) >= 11 is 0. The minimum Gasteiger partial charge on any atom is -0.467 e. The highest BCUT2D eigenvalue weighted by atomic mass is 16.5. The molecule has 108 valence electrons. The fourth-order valence-electron chi connectivity index (χ4n) is 1.92. The van der Waals surface area contributed by atoms with Crippen LogP contribution in [0.4, 0.5) is 0 Å². The van der Waals surface area contributed by atoms with Gasteiger partial charge >= 0.3 is 5.97 Å². The number of aromatic nitrogens is 1. The van der Waals surface area contributed by atoms with Crippen LogP contribution in [0, 0.1) is 0 Å². The standard InChI is InChI=1S/C16H16N2O3/c1-21-16(20)14(10-12-6-5-9-17-11-12)18-15(19)13-7-3-2-4-8-13/h2-9,11,14H,10H2,1H3,(H,18,19)/t14-/m0/s1. The zero-order valence-electron chi connectivity index (χ0n) is 11.7. The molecule has 0 bridgehead atoms. The van der Waals surface area contributed by atoms with Crippen molar-refractivity contribution in [3.05, 3.63) is 66.0 Å². The van der Waals surface area contributed by atoms with Crippen molar-refractivity contribution in [3.8, 4) is 0 Å². The Morgan fingerprint density at radius 1 is 1.19 bits per heavy atom. The molecular formula is C16H16N2O3. The summed E-state index contributed by atoms with van der Waals surface area (Å²) in [4.78, 5) is 28.0. The van der Waals surface area contributed by atoms with Gasteiger partial charge in [-0.3, -0.25) is 9.78 Å². The van der Waals surface area contributed by atoms with Gasteiger partial charge in [0.25, 0.3) is 5.91 Å². The molecule has 0 aliphatic rings. The molecule has 0 radical (unpaired) electrons. The van der Waals surface area contributed by atoms with Gasteiger partial charge in [0.2, 0.25) is 0 Å². The van der Waals surface area contributed by atoms with Crippen molar-refractivity contribution in [3.63, 3.8) is 0 Å². The summed E-state index contributed by atoms with van der Waals surface area (Å²) in [6.07, 6.45) is 3.64. The van der Waals surface area contributed by atoms with E-state index < -0.39 is 12.0 Å². The number of methoxy groups -OCH3 is 1. The second-order valence-corrected chi connectivity index (χ2v) is 4.48. The van der Waals surface area contributed by atoms with E-state index in [0.29, 0.717) is 12.0 Å². The lowest BCUT2D eigenvalue weighted by Gasteiger charge is -2.16. The monoisotopic (exact) mass is 284 g/mol. The smallest absolute Gasteiger partial charge is 0.328 e. The highest BCUT2D eigenvalue weighted by Gasteiger charge is 2.22. The Balaban J connectivity index is 2.10. The normalized spacial score (nSPS) is 11.5. The number of ether oxygens (including phenoxy) is 1. The molecule has 1 aromatic heterocycles. The van der Waals surface area contributed by atoms with E-state index in [1.54, 1.807) is 42.7 Å². The molecule has 1 heterocycles. The highest BCUT2D eigenvalue weighted by molar-refractivity contribution is 5.96. The molecule has 21 heavy (non-hydrogen) atoms. The van der Waals surface area contributed by atoms with E-state index in [9.17, 15) is 9.59 Å². The predicted molar refractivity (Wildman–Crippen MR) is 77.7 cm³/mol. The molecular weight excluding hydrogens is 268 g/mol. The molecule has 0 unspecified atom stereocenters. The maximum Gasteiger partial charge on any atom is 0.328 e. The van der Waals surface area contributed by atoms with Crippen molar-refractivity contribution in [1.29, 1.82) is 0 Å². The van der Waals surface area contributed by atoms with Crippen molar-refractivity contribution >= 4 is 11.9 Å². The van der Waals surface area contributed by atoms with Gasteiger partial charge in [0.1, 0.15) is 6.04 Å². The quantitative estimate of drug-likeness (QED) is 0.847. The van der Waals surface area contributed by atoms with Crippen molar-refractivity contribution in [1.82, 2.24) is 10.3 Å². The van der Waals surface area contributed by atoms with Gasteiger partial charge in [-0.25, -0.2) is 4.79 Å². The zero-order valence-corrected chi connectivity index (χ0v) is 11.7. The third-order valence-corrected chi connectivity index (χ3v) is 2.99. The molecule has 2 rings (SSSR count). The minimum atomic E-state index is -0.744. The number of hydrogen-bond donors (Lipinski definition) is 1. The van der Waals surface area contributed by atoms with Crippen LogP contribution >= 0.6 is 0 Å². The summed E-state index contributed by atoms with van der Waals surface area (Å²) in [5, 5.41) is 2.69. The number of rotatable bonds is 5. The highest BCUT2D eigenvalue weighted by Crippen LogP contribution is 2.05. The van der Waals surface area contributed by atoms with Gasteiger partial charge in [-0.15, -0.1) is 0 Å². The van der Waals surface area contributed by atoms with Gasteiger partial charge in [0.05, 0.1) is 7.11 Å². The maximum absolute atomic E-state index is 12.1. The molecule has 2 aromatic rings. The Bertz CT molecular complexity index is 599.